The number of fused-ring (bicyclic) bond motifs is 6. The van der Waals surface area contributed by atoms with Gasteiger partial charge in [-0.2, -0.15) is 0 Å². The van der Waals surface area contributed by atoms with Crippen molar-refractivity contribution in [2.45, 2.75) is 24.7 Å². The van der Waals surface area contributed by atoms with E-state index >= 15 is 0 Å². The zero-order valence-corrected chi connectivity index (χ0v) is 36.6. The smallest absolute Gasteiger partial charge is 0.0714 e. The summed E-state index contributed by atoms with van der Waals surface area (Å²) in [4.78, 5) is 2.49. The minimum atomic E-state index is -0.533. The van der Waals surface area contributed by atoms with E-state index in [1.807, 2.05) is 0 Å². The Morgan fingerprint density at radius 2 is 0.769 bits per heavy atom. The van der Waals surface area contributed by atoms with Gasteiger partial charge in [0.1, 0.15) is 0 Å². The summed E-state index contributed by atoms with van der Waals surface area (Å²) in [7, 11) is 0. The van der Waals surface area contributed by atoms with Crippen LogP contribution in [-0.2, 0) is 10.8 Å². The molecule has 10 aromatic carbocycles. The second-order valence-corrected chi connectivity index (χ2v) is 18.0. The van der Waals surface area contributed by atoms with E-state index in [4.69, 9.17) is 0 Å². The summed E-state index contributed by atoms with van der Waals surface area (Å²) >= 11 is 0. The van der Waals surface area contributed by atoms with Gasteiger partial charge in [0.25, 0.3) is 0 Å². The monoisotopic (exact) mass is 829 g/mol. The Balaban J connectivity index is 1.09. The molecule has 0 spiro atoms. The molecule has 0 aromatic heterocycles. The van der Waals surface area contributed by atoms with Crippen molar-refractivity contribution in [2.75, 3.05) is 4.90 Å². The maximum absolute atomic E-state index is 2.49. The summed E-state index contributed by atoms with van der Waals surface area (Å²) in [5.74, 6) is 0. The number of rotatable bonds is 8. The lowest BCUT2D eigenvalue weighted by atomic mass is 9.67. The normalized spacial score (nSPS) is 13.6. The van der Waals surface area contributed by atoms with Crippen LogP contribution in [0.25, 0.3) is 55.6 Å². The fourth-order valence-electron chi connectivity index (χ4n) is 11.2. The Labute approximate surface area is 382 Å². The number of hydrogen-bond donors (Lipinski definition) is 0. The Morgan fingerprint density at radius 3 is 1.43 bits per heavy atom. The molecule has 1 heteroatoms. The Bertz CT molecular complexity index is 3330. The largest absolute Gasteiger partial charge is 0.310 e. The van der Waals surface area contributed by atoms with Crippen LogP contribution < -0.4 is 4.90 Å². The van der Waals surface area contributed by atoms with Gasteiger partial charge < -0.3 is 4.90 Å². The van der Waals surface area contributed by atoms with Gasteiger partial charge >= 0.3 is 0 Å². The van der Waals surface area contributed by atoms with Crippen molar-refractivity contribution in [1.29, 1.82) is 0 Å². The third-order valence-corrected chi connectivity index (χ3v) is 14.2. The van der Waals surface area contributed by atoms with Crippen molar-refractivity contribution < 1.29 is 0 Å². The molecular weight excluding hydrogens is 783 g/mol. The highest BCUT2D eigenvalue weighted by Gasteiger charge is 2.46. The third kappa shape index (κ3) is 6.07. The molecular formula is C64H47N. The molecule has 0 radical (unpaired) electrons. The van der Waals surface area contributed by atoms with E-state index in [1.54, 1.807) is 0 Å². The van der Waals surface area contributed by atoms with E-state index in [0.717, 1.165) is 17.1 Å². The molecule has 2 aliphatic carbocycles. The highest BCUT2D eigenvalue weighted by molar-refractivity contribution is 5.98. The van der Waals surface area contributed by atoms with Gasteiger partial charge in [0.2, 0.25) is 0 Å². The van der Waals surface area contributed by atoms with Crippen molar-refractivity contribution >= 4 is 17.1 Å². The molecule has 1 nitrogen and oxygen atoms in total. The van der Waals surface area contributed by atoms with Gasteiger partial charge in [-0.3, -0.25) is 0 Å². The Hall–Kier alpha value is -8.00. The molecule has 0 saturated carbocycles. The Morgan fingerprint density at radius 1 is 0.292 bits per heavy atom. The standard InChI is InChI=1S/C64H47N/c1-63(2)57-31-17-15-28-53(57)55-40-36-47(42-59(55)63)44-34-37-50(38-35-44)65(61-33-19-30-52(45-20-7-3-8-21-45)62(61)46-22-9-4-10-23-46)51-39-41-56-54-29-16-18-32-58(54)64(60(56)43-51,48-24-11-5-12-25-48)49-26-13-6-14-27-49/h3-43H,1-2H3. The van der Waals surface area contributed by atoms with Gasteiger partial charge in [-0.25, -0.2) is 0 Å². The summed E-state index contributed by atoms with van der Waals surface area (Å²) in [5, 5.41) is 0. The SMILES string of the molecule is CC1(C)c2ccccc2-c2ccc(-c3ccc(N(c4ccc5c(c4)C(c4ccccc4)(c4ccccc4)c4ccccc4-5)c4cccc(-c5ccccc5)c4-c4ccccc4)cc3)cc21. The first-order chi connectivity index (χ1) is 32.0. The van der Waals surface area contributed by atoms with Crippen molar-refractivity contribution in [3.63, 3.8) is 0 Å². The molecule has 65 heavy (non-hydrogen) atoms. The Kier molecular flexibility index (Phi) is 9.14. The maximum Gasteiger partial charge on any atom is 0.0714 e. The molecule has 2 aliphatic rings. The van der Waals surface area contributed by atoms with E-state index in [2.05, 4.69) is 267 Å². The third-order valence-electron chi connectivity index (χ3n) is 14.2. The van der Waals surface area contributed by atoms with E-state index < -0.39 is 5.41 Å². The van der Waals surface area contributed by atoms with Gasteiger partial charge in [-0.15, -0.1) is 0 Å². The second kappa shape index (κ2) is 15.4. The van der Waals surface area contributed by atoms with Gasteiger partial charge in [0.05, 0.1) is 11.1 Å². The lowest BCUT2D eigenvalue weighted by molar-refractivity contribution is 0.660. The van der Waals surface area contributed by atoms with E-state index in [9.17, 15) is 0 Å². The topological polar surface area (TPSA) is 3.24 Å². The molecule has 0 atom stereocenters. The van der Waals surface area contributed by atoms with Crippen molar-refractivity contribution in [3.05, 3.63) is 282 Å². The van der Waals surface area contributed by atoms with Gasteiger partial charge in [-0.1, -0.05) is 226 Å². The molecule has 12 rings (SSSR count). The highest BCUT2D eigenvalue weighted by atomic mass is 15.1. The fourth-order valence-corrected chi connectivity index (χ4v) is 11.2. The van der Waals surface area contributed by atoms with Crippen LogP contribution in [0.2, 0.25) is 0 Å². The molecule has 0 fully saturated rings. The van der Waals surface area contributed by atoms with E-state index in [1.165, 1.54) is 89.0 Å². The number of benzene rings is 10. The lowest BCUT2D eigenvalue weighted by Gasteiger charge is -2.35. The number of anilines is 3. The van der Waals surface area contributed by atoms with Crippen molar-refractivity contribution in [2.24, 2.45) is 0 Å². The van der Waals surface area contributed by atoms with Crippen LogP contribution in [0.15, 0.2) is 249 Å². The lowest BCUT2D eigenvalue weighted by Crippen LogP contribution is -2.28. The predicted molar refractivity (Wildman–Crippen MR) is 272 cm³/mol. The average molecular weight is 830 g/mol. The molecule has 0 bridgehead atoms. The number of nitrogens with zero attached hydrogens (tertiary/aromatic N) is 1. The molecule has 0 amide bonds. The van der Waals surface area contributed by atoms with Crippen LogP contribution >= 0.6 is 0 Å². The van der Waals surface area contributed by atoms with E-state index in [-0.39, 0.29) is 5.41 Å². The van der Waals surface area contributed by atoms with Crippen LogP contribution in [0.3, 0.4) is 0 Å². The maximum atomic E-state index is 2.49. The highest BCUT2D eigenvalue weighted by Crippen LogP contribution is 2.58. The summed E-state index contributed by atoms with van der Waals surface area (Å²) in [6, 6.07) is 92.0. The van der Waals surface area contributed by atoms with Crippen molar-refractivity contribution in [1.82, 2.24) is 0 Å². The zero-order valence-electron chi connectivity index (χ0n) is 36.6. The van der Waals surface area contributed by atoms with Crippen LogP contribution in [0.4, 0.5) is 17.1 Å². The van der Waals surface area contributed by atoms with E-state index in [0.29, 0.717) is 0 Å². The second-order valence-electron chi connectivity index (χ2n) is 18.0. The zero-order chi connectivity index (χ0) is 43.5. The molecule has 308 valence electrons. The van der Waals surface area contributed by atoms with Gasteiger partial charge in [-0.05, 0) is 120 Å². The van der Waals surface area contributed by atoms with Crippen LogP contribution in [0, 0.1) is 0 Å². The minimum absolute atomic E-state index is 0.0712. The van der Waals surface area contributed by atoms with Crippen LogP contribution in [0.5, 0.6) is 0 Å². The molecule has 0 unspecified atom stereocenters. The fraction of sp³-hybridized carbons (Fsp3) is 0.0625. The summed E-state index contributed by atoms with van der Waals surface area (Å²) in [6.45, 7) is 4.71. The van der Waals surface area contributed by atoms with Crippen LogP contribution in [-0.4, -0.2) is 0 Å². The summed E-state index contributed by atoms with van der Waals surface area (Å²) in [6.07, 6.45) is 0. The molecule has 0 N–H and O–H groups in total. The van der Waals surface area contributed by atoms with Crippen LogP contribution in [0.1, 0.15) is 47.2 Å². The minimum Gasteiger partial charge on any atom is -0.310 e. The summed E-state index contributed by atoms with van der Waals surface area (Å²) in [5.41, 5.74) is 22.9. The summed E-state index contributed by atoms with van der Waals surface area (Å²) < 4.78 is 0. The number of hydrogen-bond acceptors (Lipinski definition) is 1. The first kappa shape index (κ1) is 38.7. The van der Waals surface area contributed by atoms with Crippen molar-refractivity contribution in [3.8, 4) is 55.6 Å². The van der Waals surface area contributed by atoms with Gasteiger partial charge in [0, 0.05) is 22.4 Å². The van der Waals surface area contributed by atoms with Gasteiger partial charge in [0.15, 0.2) is 0 Å². The first-order valence-corrected chi connectivity index (χ1v) is 22.8. The molecule has 10 aromatic rings. The molecule has 0 heterocycles. The average Bonchev–Trinajstić information content (AvgIpc) is 3.80. The molecule has 0 aliphatic heterocycles. The molecule has 0 saturated heterocycles. The quantitative estimate of drug-likeness (QED) is 0.147. The predicted octanol–water partition coefficient (Wildman–Crippen LogP) is 16.8. The first-order valence-electron chi connectivity index (χ1n) is 22.8.